The van der Waals surface area contributed by atoms with E-state index in [2.05, 4.69) is 30.9 Å². The van der Waals surface area contributed by atoms with Crippen LogP contribution >= 0.6 is 45.9 Å². The molecule has 4 rings (SSSR count). The Balaban J connectivity index is 1.49. The third kappa shape index (κ3) is 3.20. The standard InChI is InChI=1S/C18H17Cl2N3OS2/c1-10-3-4-13-15(11(10)2)21-18(25-13)23-7-5-22(6-8-23)17(24)12-9-14(19)26-16(12)20/h3-4,9H,5-8H2,1-2H3. The highest BCUT2D eigenvalue weighted by atomic mass is 35.5. The zero-order valence-corrected chi connectivity index (χ0v) is 17.5. The Morgan fingerprint density at radius 1 is 1.12 bits per heavy atom. The van der Waals surface area contributed by atoms with Gasteiger partial charge in [-0.3, -0.25) is 4.79 Å². The summed E-state index contributed by atoms with van der Waals surface area (Å²) in [5.74, 6) is -0.0476. The Hall–Kier alpha value is -1.34. The summed E-state index contributed by atoms with van der Waals surface area (Å²) in [6.07, 6.45) is 0. The fourth-order valence-electron chi connectivity index (χ4n) is 3.11. The first-order valence-electron chi connectivity index (χ1n) is 8.30. The van der Waals surface area contributed by atoms with Gasteiger partial charge in [0.1, 0.15) is 4.34 Å². The number of rotatable bonds is 2. The predicted octanol–water partition coefficient (Wildman–Crippen LogP) is 5.24. The topological polar surface area (TPSA) is 36.4 Å². The van der Waals surface area contributed by atoms with Crippen molar-refractivity contribution in [3.63, 3.8) is 0 Å². The van der Waals surface area contributed by atoms with E-state index in [1.54, 1.807) is 17.4 Å². The maximum absolute atomic E-state index is 12.7. The fourth-order valence-corrected chi connectivity index (χ4v) is 5.63. The van der Waals surface area contributed by atoms with Crippen LogP contribution in [0.15, 0.2) is 18.2 Å². The minimum atomic E-state index is -0.0476. The normalized spacial score (nSPS) is 15.1. The molecule has 0 atom stereocenters. The van der Waals surface area contributed by atoms with Crippen LogP contribution in [0.4, 0.5) is 5.13 Å². The van der Waals surface area contributed by atoms with Gasteiger partial charge < -0.3 is 9.80 Å². The Morgan fingerprint density at radius 3 is 2.50 bits per heavy atom. The first-order valence-corrected chi connectivity index (χ1v) is 10.7. The second-order valence-corrected chi connectivity index (χ2v) is 9.66. The van der Waals surface area contributed by atoms with Gasteiger partial charge in [-0.15, -0.1) is 11.3 Å². The van der Waals surface area contributed by atoms with Crippen LogP contribution < -0.4 is 4.90 Å². The molecule has 8 heteroatoms. The van der Waals surface area contributed by atoms with Gasteiger partial charge >= 0.3 is 0 Å². The van der Waals surface area contributed by atoms with Crippen molar-refractivity contribution in [2.45, 2.75) is 13.8 Å². The van der Waals surface area contributed by atoms with Gasteiger partial charge in [0.2, 0.25) is 0 Å². The van der Waals surface area contributed by atoms with Crippen molar-refractivity contribution in [1.82, 2.24) is 9.88 Å². The van der Waals surface area contributed by atoms with Gasteiger partial charge in [-0.25, -0.2) is 4.98 Å². The Kier molecular flexibility index (Phi) is 4.86. The van der Waals surface area contributed by atoms with E-state index in [1.165, 1.54) is 27.2 Å². The zero-order chi connectivity index (χ0) is 18.4. The molecule has 1 amide bonds. The zero-order valence-electron chi connectivity index (χ0n) is 14.4. The third-order valence-electron chi connectivity index (χ3n) is 4.80. The van der Waals surface area contributed by atoms with Gasteiger partial charge in [-0.2, -0.15) is 0 Å². The van der Waals surface area contributed by atoms with Crippen LogP contribution in [0.5, 0.6) is 0 Å². The Bertz CT molecular complexity index is 990. The molecular weight excluding hydrogens is 409 g/mol. The molecule has 1 aromatic carbocycles. The van der Waals surface area contributed by atoms with Crippen molar-refractivity contribution >= 4 is 67.1 Å². The summed E-state index contributed by atoms with van der Waals surface area (Å²) in [4.78, 5) is 21.6. The van der Waals surface area contributed by atoms with Crippen molar-refractivity contribution in [3.8, 4) is 0 Å². The smallest absolute Gasteiger partial charge is 0.256 e. The summed E-state index contributed by atoms with van der Waals surface area (Å²) in [6, 6.07) is 5.94. The number of hydrogen-bond donors (Lipinski definition) is 0. The van der Waals surface area contributed by atoms with Crippen LogP contribution in [-0.4, -0.2) is 42.0 Å². The second kappa shape index (κ2) is 7.00. The lowest BCUT2D eigenvalue weighted by Gasteiger charge is -2.34. The van der Waals surface area contributed by atoms with Gasteiger partial charge in [-0.1, -0.05) is 40.6 Å². The number of halogens is 2. The number of nitrogens with zero attached hydrogens (tertiary/aromatic N) is 3. The number of fused-ring (bicyclic) bond motifs is 1. The van der Waals surface area contributed by atoms with Gasteiger partial charge in [0, 0.05) is 26.2 Å². The lowest BCUT2D eigenvalue weighted by Crippen LogP contribution is -2.48. The highest BCUT2D eigenvalue weighted by Gasteiger charge is 2.26. The molecular formula is C18H17Cl2N3OS2. The van der Waals surface area contributed by atoms with Gasteiger partial charge in [0.05, 0.1) is 20.1 Å². The number of carbonyl (C=O) groups excluding carboxylic acids is 1. The van der Waals surface area contributed by atoms with Crippen molar-refractivity contribution in [2.75, 3.05) is 31.1 Å². The summed E-state index contributed by atoms with van der Waals surface area (Å²) < 4.78 is 2.21. The molecule has 0 aliphatic carbocycles. The van der Waals surface area contributed by atoms with E-state index in [4.69, 9.17) is 28.2 Å². The van der Waals surface area contributed by atoms with Crippen LogP contribution in [0.3, 0.4) is 0 Å². The highest BCUT2D eigenvalue weighted by molar-refractivity contribution is 7.22. The Labute approximate surface area is 170 Å². The monoisotopic (exact) mass is 425 g/mol. The largest absolute Gasteiger partial charge is 0.345 e. The summed E-state index contributed by atoms with van der Waals surface area (Å²) in [5, 5.41) is 1.03. The molecule has 0 unspecified atom stereocenters. The van der Waals surface area contributed by atoms with Crippen LogP contribution in [0.2, 0.25) is 8.67 Å². The number of aromatic nitrogens is 1. The summed E-state index contributed by atoms with van der Waals surface area (Å²) in [5.41, 5.74) is 4.09. The van der Waals surface area contributed by atoms with Gasteiger partial charge in [0.15, 0.2) is 5.13 Å². The maximum atomic E-state index is 12.7. The van der Waals surface area contributed by atoms with E-state index in [1.807, 2.05) is 4.90 Å². The van der Waals surface area contributed by atoms with Crippen molar-refractivity contribution < 1.29 is 4.79 Å². The van der Waals surface area contributed by atoms with E-state index >= 15 is 0 Å². The molecule has 26 heavy (non-hydrogen) atoms. The van der Waals surface area contributed by atoms with Crippen LogP contribution in [0, 0.1) is 13.8 Å². The van der Waals surface area contributed by atoms with Gasteiger partial charge in [0.25, 0.3) is 5.91 Å². The molecule has 0 radical (unpaired) electrons. The lowest BCUT2D eigenvalue weighted by atomic mass is 10.1. The first kappa shape index (κ1) is 18.0. The van der Waals surface area contributed by atoms with Crippen molar-refractivity contribution in [1.29, 1.82) is 0 Å². The van der Waals surface area contributed by atoms with Crippen molar-refractivity contribution in [3.05, 3.63) is 43.6 Å². The van der Waals surface area contributed by atoms with E-state index < -0.39 is 0 Å². The Morgan fingerprint density at radius 2 is 1.85 bits per heavy atom. The van der Waals surface area contributed by atoms with Crippen molar-refractivity contribution in [2.24, 2.45) is 0 Å². The number of thiophene rings is 1. The predicted molar refractivity (Wildman–Crippen MR) is 112 cm³/mol. The first-order chi connectivity index (χ1) is 12.4. The van der Waals surface area contributed by atoms with E-state index in [0.29, 0.717) is 27.3 Å². The summed E-state index contributed by atoms with van der Waals surface area (Å²) in [7, 11) is 0. The average molecular weight is 426 g/mol. The number of hydrogen-bond acceptors (Lipinski definition) is 5. The minimum Gasteiger partial charge on any atom is -0.345 e. The van der Waals surface area contributed by atoms with E-state index in [-0.39, 0.29) is 5.91 Å². The number of aryl methyl sites for hydroxylation is 2. The molecule has 1 aliphatic heterocycles. The molecule has 1 saturated heterocycles. The van der Waals surface area contributed by atoms with E-state index in [9.17, 15) is 4.79 Å². The molecule has 0 saturated carbocycles. The molecule has 2 aromatic heterocycles. The molecule has 1 aliphatic rings. The molecule has 136 valence electrons. The third-order valence-corrected chi connectivity index (χ3v) is 7.37. The number of piperazine rings is 1. The summed E-state index contributed by atoms with van der Waals surface area (Å²) >= 11 is 15.0. The lowest BCUT2D eigenvalue weighted by molar-refractivity contribution is 0.0747. The summed E-state index contributed by atoms with van der Waals surface area (Å²) in [6.45, 7) is 7.05. The number of carbonyl (C=O) groups is 1. The molecule has 0 bridgehead atoms. The molecule has 1 fully saturated rings. The molecule has 4 nitrogen and oxygen atoms in total. The van der Waals surface area contributed by atoms with Crippen LogP contribution in [-0.2, 0) is 0 Å². The molecule has 3 aromatic rings. The minimum absolute atomic E-state index is 0.0476. The quantitative estimate of drug-likeness (QED) is 0.562. The molecule has 0 spiro atoms. The number of anilines is 1. The highest BCUT2D eigenvalue weighted by Crippen LogP contribution is 2.34. The molecule has 3 heterocycles. The van der Waals surface area contributed by atoms with Gasteiger partial charge in [-0.05, 0) is 37.1 Å². The molecule has 0 N–H and O–H groups in total. The second-order valence-electron chi connectivity index (χ2n) is 6.37. The number of benzene rings is 1. The SMILES string of the molecule is Cc1ccc2sc(N3CCN(C(=O)c4cc(Cl)sc4Cl)CC3)nc2c1C. The van der Waals surface area contributed by atoms with Crippen LogP contribution in [0.25, 0.3) is 10.2 Å². The van der Waals surface area contributed by atoms with Crippen LogP contribution in [0.1, 0.15) is 21.5 Å². The maximum Gasteiger partial charge on any atom is 0.256 e. The van der Waals surface area contributed by atoms with E-state index in [0.717, 1.165) is 23.7 Å². The number of thiazole rings is 1. The number of amides is 1. The fraction of sp³-hybridized carbons (Fsp3) is 0.333. The average Bonchev–Trinajstić information content (AvgIpc) is 3.21.